The lowest BCUT2D eigenvalue weighted by atomic mass is 10.1. The molecular weight excluding hydrogens is 248 g/mol. The number of nitrogens with zero attached hydrogens (tertiary/aromatic N) is 2. The summed E-state index contributed by atoms with van der Waals surface area (Å²) in [7, 11) is 0. The van der Waals surface area contributed by atoms with Gasteiger partial charge in [-0.15, -0.1) is 0 Å². The van der Waals surface area contributed by atoms with E-state index in [4.69, 9.17) is 0 Å². The van der Waals surface area contributed by atoms with Gasteiger partial charge in [-0.05, 0) is 49.6 Å². The van der Waals surface area contributed by atoms with Crippen LogP contribution in [0.15, 0.2) is 48.7 Å². The van der Waals surface area contributed by atoms with Crippen molar-refractivity contribution in [2.45, 2.75) is 25.8 Å². The molecule has 1 amide bonds. The number of rotatable bonds is 2. The Kier molecular flexibility index (Phi) is 3.50. The fourth-order valence-corrected chi connectivity index (χ4v) is 2.81. The monoisotopic (exact) mass is 266 g/mol. The largest absolute Gasteiger partial charge is 0.330 e. The van der Waals surface area contributed by atoms with Gasteiger partial charge >= 0.3 is 0 Å². The van der Waals surface area contributed by atoms with Gasteiger partial charge in [-0.3, -0.25) is 9.78 Å². The van der Waals surface area contributed by atoms with E-state index in [-0.39, 0.29) is 11.9 Å². The maximum absolute atomic E-state index is 12.6. The molecular formula is C17H18N2O. The quantitative estimate of drug-likeness (QED) is 0.835. The molecule has 1 aromatic carbocycles. The number of carbonyl (C=O) groups is 1. The van der Waals surface area contributed by atoms with Gasteiger partial charge in [0.2, 0.25) is 0 Å². The maximum Gasteiger partial charge on any atom is 0.254 e. The minimum atomic E-state index is 0.108. The highest BCUT2D eigenvalue weighted by atomic mass is 16.2. The first-order valence-corrected chi connectivity index (χ1v) is 7.04. The molecule has 3 heteroatoms. The van der Waals surface area contributed by atoms with Crippen LogP contribution < -0.4 is 0 Å². The van der Waals surface area contributed by atoms with Gasteiger partial charge in [-0.1, -0.05) is 18.2 Å². The lowest BCUT2D eigenvalue weighted by molar-refractivity contribution is 0.0733. The van der Waals surface area contributed by atoms with E-state index in [0.717, 1.165) is 30.6 Å². The number of aryl methyl sites for hydroxylation is 1. The van der Waals surface area contributed by atoms with Crippen LogP contribution in [0.2, 0.25) is 0 Å². The molecule has 2 aromatic rings. The van der Waals surface area contributed by atoms with Crippen LogP contribution in [0.5, 0.6) is 0 Å². The number of aromatic nitrogens is 1. The molecule has 3 rings (SSSR count). The van der Waals surface area contributed by atoms with Crippen molar-refractivity contribution in [3.05, 3.63) is 65.5 Å². The second kappa shape index (κ2) is 5.45. The van der Waals surface area contributed by atoms with Gasteiger partial charge in [0.1, 0.15) is 0 Å². The average Bonchev–Trinajstić information content (AvgIpc) is 2.97. The molecule has 0 saturated carbocycles. The second-order valence-electron chi connectivity index (χ2n) is 5.28. The van der Waals surface area contributed by atoms with Gasteiger partial charge in [-0.25, -0.2) is 0 Å². The molecule has 3 nitrogen and oxygen atoms in total. The maximum atomic E-state index is 12.6. The zero-order chi connectivity index (χ0) is 13.9. The third-order valence-electron chi connectivity index (χ3n) is 3.81. The van der Waals surface area contributed by atoms with Crippen LogP contribution >= 0.6 is 0 Å². The molecule has 0 spiro atoms. The van der Waals surface area contributed by atoms with Gasteiger partial charge in [0.05, 0.1) is 11.7 Å². The smallest absolute Gasteiger partial charge is 0.254 e. The van der Waals surface area contributed by atoms with Crippen LogP contribution in [0, 0.1) is 6.92 Å². The van der Waals surface area contributed by atoms with E-state index in [9.17, 15) is 4.79 Å². The Balaban J connectivity index is 1.88. The molecule has 1 aromatic heterocycles. The van der Waals surface area contributed by atoms with E-state index in [1.165, 1.54) is 5.56 Å². The molecule has 102 valence electrons. The Labute approximate surface area is 119 Å². The summed E-state index contributed by atoms with van der Waals surface area (Å²) in [5.74, 6) is 0.108. The van der Waals surface area contributed by atoms with E-state index in [1.54, 1.807) is 0 Å². The molecule has 1 atom stereocenters. The second-order valence-corrected chi connectivity index (χ2v) is 5.28. The third-order valence-corrected chi connectivity index (χ3v) is 3.81. The minimum absolute atomic E-state index is 0.108. The summed E-state index contributed by atoms with van der Waals surface area (Å²) in [4.78, 5) is 19.0. The van der Waals surface area contributed by atoms with Crippen LogP contribution in [0.3, 0.4) is 0 Å². The Morgan fingerprint density at radius 1 is 1.25 bits per heavy atom. The lowest BCUT2D eigenvalue weighted by Gasteiger charge is -2.24. The van der Waals surface area contributed by atoms with Crippen molar-refractivity contribution in [3.63, 3.8) is 0 Å². The number of hydrogen-bond acceptors (Lipinski definition) is 2. The fourth-order valence-electron chi connectivity index (χ4n) is 2.81. The zero-order valence-corrected chi connectivity index (χ0v) is 11.6. The summed E-state index contributed by atoms with van der Waals surface area (Å²) < 4.78 is 0. The van der Waals surface area contributed by atoms with Crippen molar-refractivity contribution in [3.8, 4) is 0 Å². The van der Waals surface area contributed by atoms with Gasteiger partial charge < -0.3 is 4.90 Å². The number of likely N-dealkylation sites (tertiary alicyclic amines) is 1. The third kappa shape index (κ3) is 2.44. The molecule has 1 saturated heterocycles. The molecule has 1 fully saturated rings. The van der Waals surface area contributed by atoms with Crippen LogP contribution in [0.25, 0.3) is 0 Å². The predicted molar refractivity (Wildman–Crippen MR) is 78.4 cm³/mol. The highest BCUT2D eigenvalue weighted by Gasteiger charge is 2.31. The molecule has 0 bridgehead atoms. The minimum Gasteiger partial charge on any atom is -0.330 e. The average molecular weight is 266 g/mol. The topological polar surface area (TPSA) is 33.2 Å². The first kappa shape index (κ1) is 12.9. The van der Waals surface area contributed by atoms with Crippen molar-refractivity contribution in [2.75, 3.05) is 6.54 Å². The molecule has 20 heavy (non-hydrogen) atoms. The van der Waals surface area contributed by atoms with Crippen LogP contribution in [0.1, 0.15) is 40.5 Å². The van der Waals surface area contributed by atoms with E-state index in [2.05, 4.69) is 18.0 Å². The summed E-state index contributed by atoms with van der Waals surface area (Å²) >= 11 is 0. The van der Waals surface area contributed by atoms with Crippen LogP contribution in [-0.2, 0) is 0 Å². The highest BCUT2D eigenvalue weighted by Crippen LogP contribution is 2.32. The van der Waals surface area contributed by atoms with Crippen molar-refractivity contribution >= 4 is 5.91 Å². The number of pyridine rings is 1. The Bertz CT molecular complexity index is 609. The Morgan fingerprint density at radius 3 is 2.80 bits per heavy atom. The fraction of sp³-hybridized carbons (Fsp3) is 0.294. The van der Waals surface area contributed by atoms with Crippen molar-refractivity contribution in [1.29, 1.82) is 0 Å². The van der Waals surface area contributed by atoms with E-state index in [0.29, 0.717) is 0 Å². The summed E-state index contributed by atoms with van der Waals surface area (Å²) in [6, 6.07) is 13.7. The lowest BCUT2D eigenvalue weighted by Crippen LogP contribution is -2.30. The zero-order valence-electron chi connectivity index (χ0n) is 11.6. The Hall–Kier alpha value is -2.16. The molecule has 1 unspecified atom stereocenters. The number of hydrogen-bond donors (Lipinski definition) is 0. The van der Waals surface area contributed by atoms with E-state index >= 15 is 0 Å². The Morgan fingerprint density at radius 2 is 2.05 bits per heavy atom. The summed E-state index contributed by atoms with van der Waals surface area (Å²) in [5, 5.41) is 0. The van der Waals surface area contributed by atoms with Crippen LogP contribution in [-0.4, -0.2) is 22.3 Å². The summed E-state index contributed by atoms with van der Waals surface area (Å²) in [6.45, 7) is 2.87. The van der Waals surface area contributed by atoms with Gasteiger partial charge in [0, 0.05) is 18.3 Å². The van der Waals surface area contributed by atoms with Gasteiger partial charge in [0.25, 0.3) is 5.91 Å². The molecule has 0 aliphatic carbocycles. The summed E-state index contributed by atoms with van der Waals surface area (Å²) in [5.41, 5.74) is 2.95. The van der Waals surface area contributed by atoms with Crippen molar-refractivity contribution < 1.29 is 4.79 Å². The van der Waals surface area contributed by atoms with Gasteiger partial charge in [-0.2, -0.15) is 0 Å². The van der Waals surface area contributed by atoms with Crippen LogP contribution in [0.4, 0.5) is 0 Å². The van der Waals surface area contributed by atoms with Crippen molar-refractivity contribution in [2.24, 2.45) is 0 Å². The van der Waals surface area contributed by atoms with E-state index in [1.807, 2.05) is 47.5 Å². The SMILES string of the molecule is Cc1ccnc(C2CCCN2C(=O)c2ccccc2)c1. The van der Waals surface area contributed by atoms with E-state index < -0.39 is 0 Å². The number of amides is 1. The molecule has 1 aliphatic rings. The molecule has 2 heterocycles. The molecule has 0 radical (unpaired) electrons. The molecule has 0 N–H and O–H groups in total. The molecule has 1 aliphatic heterocycles. The first-order chi connectivity index (χ1) is 9.75. The van der Waals surface area contributed by atoms with Crippen molar-refractivity contribution in [1.82, 2.24) is 9.88 Å². The standard InChI is InChI=1S/C17H18N2O/c1-13-9-10-18-15(12-13)16-8-5-11-19(16)17(20)14-6-3-2-4-7-14/h2-4,6-7,9-10,12,16H,5,8,11H2,1H3. The first-order valence-electron chi connectivity index (χ1n) is 7.04. The number of carbonyl (C=O) groups excluding carboxylic acids is 1. The summed E-state index contributed by atoms with van der Waals surface area (Å²) in [6.07, 6.45) is 3.86. The number of benzene rings is 1. The predicted octanol–water partition coefficient (Wildman–Crippen LogP) is 3.37. The van der Waals surface area contributed by atoms with Gasteiger partial charge in [0.15, 0.2) is 0 Å². The normalized spacial score (nSPS) is 18.2. The highest BCUT2D eigenvalue weighted by molar-refractivity contribution is 5.94.